The number of aliphatic hydroxyl groups is 1. The zero-order valence-corrected chi connectivity index (χ0v) is 16.8. The summed E-state index contributed by atoms with van der Waals surface area (Å²) in [5, 5.41) is 15.0. The third-order valence-electron chi connectivity index (χ3n) is 4.94. The van der Waals surface area contributed by atoms with Gasteiger partial charge in [-0.15, -0.1) is 11.3 Å². The highest BCUT2D eigenvalue weighted by molar-refractivity contribution is 7.13. The number of β-amino-alcohol motifs (C(OH)–C–C–N with tert-alkyl or cyclic N) is 1. The minimum absolute atomic E-state index is 0.142. The Labute approximate surface area is 172 Å². The van der Waals surface area contributed by atoms with Gasteiger partial charge in [-0.25, -0.2) is 4.98 Å². The molecule has 1 aliphatic rings. The predicted molar refractivity (Wildman–Crippen MR) is 113 cm³/mol. The van der Waals surface area contributed by atoms with E-state index in [0.29, 0.717) is 36.5 Å². The van der Waals surface area contributed by atoms with Crippen LogP contribution in [0.2, 0.25) is 0 Å². The molecule has 0 aliphatic carbocycles. The number of benzene rings is 2. The summed E-state index contributed by atoms with van der Waals surface area (Å²) in [5.74, 6) is -0.454. The molecule has 0 saturated carbocycles. The number of amides is 2. The fraction of sp³-hybridized carbons (Fsp3) is 0.227. The monoisotopic (exact) mass is 407 g/mol. The van der Waals surface area contributed by atoms with E-state index in [-0.39, 0.29) is 11.8 Å². The van der Waals surface area contributed by atoms with Crippen LogP contribution in [-0.2, 0) is 0 Å². The maximum atomic E-state index is 12.7. The minimum atomic E-state index is -0.466. The van der Waals surface area contributed by atoms with Crippen LogP contribution < -0.4 is 5.32 Å². The Kier molecular flexibility index (Phi) is 5.42. The highest BCUT2D eigenvalue weighted by Crippen LogP contribution is 2.25. The van der Waals surface area contributed by atoms with Gasteiger partial charge in [0.1, 0.15) is 10.7 Å². The number of rotatable bonds is 4. The van der Waals surface area contributed by atoms with E-state index in [1.807, 2.05) is 43.3 Å². The number of hydrogen-bond acceptors (Lipinski definition) is 5. The molecule has 6 nitrogen and oxygen atoms in total. The van der Waals surface area contributed by atoms with Gasteiger partial charge in [-0.3, -0.25) is 9.59 Å². The van der Waals surface area contributed by atoms with E-state index in [4.69, 9.17) is 0 Å². The number of carbonyl (C=O) groups is 2. The van der Waals surface area contributed by atoms with Crippen LogP contribution in [-0.4, -0.2) is 46.0 Å². The van der Waals surface area contributed by atoms with Gasteiger partial charge in [-0.2, -0.15) is 0 Å². The van der Waals surface area contributed by atoms with E-state index in [9.17, 15) is 14.7 Å². The van der Waals surface area contributed by atoms with Crippen LogP contribution in [0, 0.1) is 6.92 Å². The van der Waals surface area contributed by atoms with E-state index in [0.717, 1.165) is 16.1 Å². The fourth-order valence-corrected chi connectivity index (χ4v) is 4.08. The van der Waals surface area contributed by atoms with Gasteiger partial charge in [0.15, 0.2) is 0 Å². The standard InChI is InChI=1S/C22H21N3O3S/c1-14-7-8-16(22(28)25-10-9-17(26)12-25)11-18(14)23-20(27)19-13-29-21(24-19)15-5-3-2-4-6-15/h2-8,11,13,17,26H,9-10,12H2,1H3,(H,23,27). The average molecular weight is 407 g/mol. The van der Waals surface area contributed by atoms with E-state index in [1.54, 1.807) is 22.4 Å². The molecule has 2 heterocycles. The lowest BCUT2D eigenvalue weighted by Gasteiger charge is -2.17. The molecule has 2 aromatic carbocycles. The van der Waals surface area contributed by atoms with Crippen molar-refractivity contribution in [1.82, 2.24) is 9.88 Å². The normalized spacial score (nSPS) is 16.1. The fourth-order valence-electron chi connectivity index (χ4n) is 3.28. The van der Waals surface area contributed by atoms with Crippen LogP contribution in [0.5, 0.6) is 0 Å². The average Bonchev–Trinajstić information content (AvgIpc) is 3.39. The first kappa shape index (κ1) is 19.3. The molecule has 3 aromatic rings. The van der Waals surface area contributed by atoms with E-state index >= 15 is 0 Å². The summed E-state index contributed by atoms with van der Waals surface area (Å²) in [4.78, 5) is 31.4. The molecule has 1 saturated heterocycles. The smallest absolute Gasteiger partial charge is 0.275 e. The van der Waals surface area contributed by atoms with Crippen LogP contribution in [0.3, 0.4) is 0 Å². The summed E-state index contributed by atoms with van der Waals surface area (Å²) in [6, 6.07) is 14.9. The summed E-state index contributed by atoms with van der Waals surface area (Å²) < 4.78 is 0. The van der Waals surface area contributed by atoms with E-state index < -0.39 is 6.10 Å². The molecule has 4 rings (SSSR count). The Bertz CT molecular complexity index is 1050. The predicted octanol–water partition coefficient (Wildman–Crippen LogP) is 3.58. The Balaban J connectivity index is 1.51. The van der Waals surface area contributed by atoms with Crippen LogP contribution in [0.1, 0.15) is 32.8 Å². The molecule has 1 atom stereocenters. The molecule has 0 radical (unpaired) electrons. The van der Waals surface area contributed by atoms with Crippen molar-refractivity contribution in [1.29, 1.82) is 0 Å². The molecule has 1 unspecified atom stereocenters. The zero-order valence-electron chi connectivity index (χ0n) is 16.0. The Morgan fingerprint density at radius 2 is 2.00 bits per heavy atom. The molecule has 29 heavy (non-hydrogen) atoms. The number of nitrogens with one attached hydrogen (secondary N) is 1. The largest absolute Gasteiger partial charge is 0.391 e. The van der Waals surface area contributed by atoms with Gasteiger partial charge in [-0.1, -0.05) is 36.4 Å². The quantitative estimate of drug-likeness (QED) is 0.693. The van der Waals surface area contributed by atoms with E-state index in [1.165, 1.54) is 11.3 Å². The number of carbonyl (C=O) groups excluding carboxylic acids is 2. The SMILES string of the molecule is Cc1ccc(C(=O)N2CCC(O)C2)cc1NC(=O)c1csc(-c2ccccc2)n1. The summed E-state index contributed by atoms with van der Waals surface area (Å²) in [6.07, 6.45) is 0.126. The Morgan fingerprint density at radius 1 is 1.21 bits per heavy atom. The lowest BCUT2D eigenvalue weighted by molar-refractivity contribution is 0.0764. The zero-order chi connectivity index (χ0) is 20.4. The first-order chi connectivity index (χ1) is 14.0. The second-order valence-electron chi connectivity index (χ2n) is 7.08. The number of aromatic nitrogens is 1. The molecular weight excluding hydrogens is 386 g/mol. The van der Waals surface area contributed by atoms with Gasteiger partial charge in [0.05, 0.1) is 6.10 Å². The topological polar surface area (TPSA) is 82.5 Å². The molecule has 0 bridgehead atoms. The lowest BCUT2D eigenvalue weighted by atomic mass is 10.1. The van der Waals surface area contributed by atoms with Crippen molar-refractivity contribution in [3.63, 3.8) is 0 Å². The summed E-state index contributed by atoms with van der Waals surface area (Å²) in [7, 11) is 0. The third kappa shape index (κ3) is 4.21. The number of aliphatic hydroxyl groups excluding tert-OH is 1. The van der Waals surface area contributed by atoms with Gasteiger partial charge in [0.25, 0.3) is 11.8 Å². The van der Waals surface area contributed by atoms with Crippen molar-refractivity contribution in [3.8, 4) is 10.6 Å². The van der Waals surface area contributed by atoms with E-state index in [2.05, 4.69) is 10.3 Å². The molecular formula is C22H21N3O3S. The minimum Gasteiger partial charge on any atom is -0.391 e. The number of nitrogens with zero attached hydrogens (tertiary/aromatic N) is 2. The van der Waals surface area contributed by atoms with Crippen molar-refractivity contribution >= 4 is 28.8 Å². The maximum absolute atomic E-state index is 12.7. The molecule has 2 amide bonds. The number of likely N-dealkylation sites (tertiary alicyclic amines) is 1. The van der Waals surface area contributed by atoms with Crippen LogP contribution in [0.4, 0.5) is 5.69 Å². The summed E-state index contributed by atoms with van der Waals surface area (Å²) >= 11 is 1.41. The van der Waals surface area contributed by atoms with Gasteiger partial charge in [0.2, 0.25) is 0 Å². The Hall–Kier alpha value is -3.03. The van der Waals surface area contributed by atoms with Gasteiger partial charge in [0, 0.05) is 35.3 Å². The van der Waals surface area contributed by atoms with Crippen molar-refractivity contribution in [2.75, 3.05) is 18.4 Å². The number of hydrogen-bond donors (Lipinski definition) is 2. The number of aryl methyl sites for hydroxylation is 1. The second kappa shape index (κ2) is 8.14. The van der Waals surface area contributed by atoms with Gasteiger partial charge < -0.3 is 15.3 Å². The van der Waals surface area contributed by atoms with Gasteiger partial charge in [-0.05, 0) is 31.0 Å². The molecule has 148 valence electrons. The Morgan fingerprint density at radius 3 is 2.72 bits per heavy atom. The molecule has 0 spiro atoms. The van der Waals surface area contributed by atoms with Gasteiger partial charge >= 0.3 is 0 Å². The van der Waals surface area contributed by atoms with Crippen LogP contribution in [0.25, 0.3) is 10.6 Å². The van der Waals surface area contributed by atoms with Crippen LogP contribution >= 0.6 is 11.3 Å². The van der Waals surface area contributed by atoms with Crippen LogP contribution in [0.15, 0.2) is 53.9 Å². The summed E-state index contributed by atoms with van der Waals surface area (Å²) in [6.45, 7) is 2.76. The third-order valence-corrected chi connectivity index (χ3v) is 5.83. The molecule has 1 aromatic heterocycles. The molecule has 1 fully saturated rings. The van der Waals surface area contributed by atoms with Crippen molar-refractivity contribution < 1.29 is 14.7 Å². The maximum Gasteiger partial charge on any atom is 0.275 e. The highest BCUT2D eigenvalue weighted by atomic mass is 32.1. The summed E-state index contributed by atoms with van der Waals surface area (Å²) in [5.41, 5.74) is 3.23. The second-order valence-corrected chi connectivity index (χ2v) is 7.94. The molecule has 2 N–H and O–H groups in total. The highest BCUT2D eigenvalue weighted by Gasteiger charge is 2.25. The number of thiazole rings is 1. The van der Waals surface area contributed by atoms with Crippen molar-refractivity contribution in [2.24, 2.45) is 0 Å². The lowest BCUT2D eigenvalue weighted by Crippen LogP contribution is -2.29. The molecule has 1 aliphatic heterocycles. The van der Waals surface area contributed by atoms with Crippen molar-refractivity contribution in [2.45, 2.75) is 19.4 Å². The number of anilines is 1. The first-order valence-corrected chi connectivity index (χ1v) is 10.3. The molecule has 7 heteroatoms. The first-order valence-electron chi connectivity index (χ1n) is 9.41. The van der Waals surface area contributed by atoms with Crippen molar-refractivity contribution in [3.05, 3.63) is 70.7 Å².